The first-order chi connectivity index (χ1) is 13.6. The summed E-state index contributed by atoms with van der Waals surface area (Å²) in [6, 6.07) is 6.11. The van der Waals surface area contributed by atoms with Crippen LogP contribution in [0.25, 0.3) is 0 Å². The molecule has 2 aliphatic rings. The van der Waals surface area contributed by atoms with Crippen LogP contribution in [0.4, 0.5) is 0 Å². The van der Waals surface area contributed by atoms with Gasteiger partial charge in [0.25, 0.3) is 0 Å². The van der Waals surface area contributed by atoms with Crippen LogP contribution in [0.2, 0.25) is 0 Å². The highest BCUT2D eigenvalue weighted by atomic mass is 32.2. The number of aliphatic imine (C=N–C) groups is 1. The van der Waals surface area contributed by atoms with Crippen LogP contribution in [-0.4, -0.2) is 52.9 Å². The van der Waals surface area contributed by atoms with Crippen LogP contribution >= 0.6 is 11.8 Å². The molecule has 1 aromatic heterocycles. The number of fused-ring (bicyclic) bond motifs is 3. The summed E-state index contributed by atoms with van der Waals surface area (Å²) in [5, 5.41) is 11.0. The zero-order valence-electron chi connectivity index (χ0n) is 16.4. The standard InChI is InChI=1S/C21H25N3O3S/c1-4-27-19-10-13-14-9-12(25)5-6-16(14)23-20(15(13)11-18(19)26-2)17-7-8-22-21(24-17)28-3/h7-8,10-12,14,16,25H,4-6,9H2,1-3H3/t12-,14-,16-/m1/s1. The van der Waals surface area contributed by atoms with Gasteiger partial charge in [0.05, 0.1) is 37.3 Å². The van der Waals surface area contributed by atoms with E-state index in [1.165, 1.54) is 11.8 Å². The van der Waals surface area contributed by atoms with E-state index in [4.69, 9.17) is 14.5 Å². The van der Waals surface area contributed by atoms with Gasteiger partial charge in [-0.1, -0.05) is 11.8 Å². The highest BCUT2D eigenvalue weighted by molar-refractivity contribution is 7.98. The molecular formula is C21H25N3O3S. The molecule has 1 aromatic carbocycles. The summed E-state index contributed by atoms with van der Waals surface area (Å²) in [7, 11) is 1.65. The van der Waals surface area contributed by atoms with Crippen LogP contribution in [0, 0.1) is 0 Å². The van der Waals surface area contributed by atoms with Crippen molar-refractivity contribution in [3.63, 3.8) is 0 Å². The second-order valence-electron chi connectivity index (χ2n) is 7.07. The Bertz CT molecular complexity index is 902. The molecule has 0 unspecified atom stereocenters. The fraction of sp³-hybridized carbons (Fsp3) is 0.476. The molecule has 0 bridgehead atoms. The Kier molecular flexibility index (Phi) is 5.55. The number of aliphatic hydroxyl groups excluding tert-OH is 1. The van der Waals surface area contributed by atoms with Crippen LogP contribution in [0.15, 0.2) is 34.5 Å². The van der Waals surface area contributed by atoms with Gasteiger partial charge < -0.3 is 14.6 Å². The number of aliphatic hydroxyl groups is 1. The smallest absolute Gasteiger partial charge is 0.187 e. The summed E-state index contributed by atoms with van der Waals surface area (Å²) in [5.41, 5.74) is 3.84. The van der Waals surface area contributed by atoms with Crippen molar-refractivity contribution in [1.82, 2.24) is 9.97 Å². The number of hydrogen-bond acceptors (Lipinski definition) is 7. The summed E-state index contributed by atoms with van der Waals surface area (Å²) in [5.74, 6) is 1.59. The van der Waals surface area contributed by atoms with E-state index in [1.54, 1.807) is 13.3 Å². The first kappa shape index (κ1) is 19.2. The van der Waals surface area contributed by atoms with E-state index in [0.29, 0.717) is 18.8 Å². The number of hydrogen-bond donors (Lipinski definition) is 1. The van der Waals surface area contributed by atoms with Crippen molar-refractivity contribution in [1.29, 1.82) is 0 Å². The molecule has 6 nitrogen and oxygen atoms in total. The van der Waals surface area contributed by atoms with Crippen LogP contribution in [-0.2, 0) is 0 Å². The summed E-state index contributed by atoms with van der Waals surface area (Å²) in [4.78, 5) is 14.1. The molecule has 1 aliphatic heterocycles. The number of rotatable bonds is 5. The highest BCUT2D eigenvalue weighted by Gasteiger charge is 2.37. The van der Waals surface area contributed by atoms with E-state index in [0.717, 1.165) is 46.3 Å². The number of benzene rings is 1. The lowest BCUT2D eigenvalue weighted by Gasteiger charge is -2.37. The fourth-order valence-electron chi connectivity index (χ4n) is 4.15. The SMILES string of the molecule is CCOc1cc2c(cc1OC)C(c1ccnc(SC)n1)=N[C@@H]1CC[C@@H](O)C[C@H]21. The summed E-state index contributed by atoms with van der Waals surface area (Å²) in [6.45, 7) is 2.53. The maximum atomic E-state index is 10.3. The molecule has 2 heterocycles. The molecule has 0 amide bonds. The average molecular weight is 400 g/mol. The molecule has 7 heteroatoms. The largest absolute Gasteiger partial charge is 0.493 e. The Hall–Kier alpha value is -2.12. The molecule has 148 valence electrons. The molecule has 0 saturated heterocycles. The van der Waals surface area contributed by atoms with E-state index in [1.807, 2.05) is 25.3 Å². The van der Waals surface area contributed by atoms with E-state index >= 15 is 0 Å². The van der Waals surface area contributed by atoms with Gasteiger partial charge in [0.15, 0.2) is 16.7 Å². The molecule has 4 rings (SSSR count). The lowest BCUT2D eigenvalue weighted by Crippen LogP contribution is -2.34. The predicted octanol–water partition coefficient (Wildman–Crippen LogP) is 3.45. The van der Waals surface area contributed by atoms with Crippen molar-refractivity contribution in [3.05, 3.63) is 41.2 Å². The van der Waals surface area contributed by atoms with Gasteiger partial charge in [0, 0.05) is 17.7 Å². The van der Waals surface area contributed by atoms with Crippen LogP contribution in [0.3, 0.4) is 0 Å². The molecule has 0 spiro atoms. The topological polar surface area (TPSA) is 76.8 Å². The third-order valence-electron chi connectivity index (χ3n) is 5.43. The summed E-state index contributed by atoms with van der Waals surface area (Å²) < 4.78 is 11.4. The monoisotopic (exact) mass is 399 g/mol. The van der Waals surface area contributed by atoms with Crippen molar-refractivity contribution in [3.8, 4) is 11.5 Å². The normalized spacial score (nSPS) is 23.4. The van der Waals surface area contributed by atoms with Gasteiger partial charge >= 0.3 is 0 Å². The van der Waals surface area contributed by atoms with Crippen LogP contribution in [0.5, 0.6) is 11.5 Å². The number of nitrogens with zero attached hydrogens (tertiary/aromatic N) is 3. The summed E-state index contributed by atoms with van der Waals surface area (Å²) >= 11 is 1.51. The zero-order chi connectivity index (χ0) is 19.7. The maximum absolute atomic E-state index is 10.3. The van der Waals surface area contributed by atoms with Crippen molar-refractivity contribution >= 4 is 17.5 Å². The molecule has 28 heavy (non-hydrogen) atoms. The maximum Gasteiger partial charge on any atom is 0.187 e. The number of ether oxygens (including phenoxy) is 2. The highest BCUT2D eigenvalue weighted by Crippen LogP contribution is 2.44. The lowest BCUT2D eigenvalue weighted by atomic mass is 9.74. The minimum atomic E-state index is -0.286. The fourth-order valence-corrected chi connectivity index (χ4v) is 4.50. The number of aromatic nitrogens is 2. The predicted molar refractivity (Wildman–Crippen MR) is 110 cm³/mol. The quantitative estimate of drug-likeness (QED) is 0.613. The third-order valence-corrected chi connectivity index (χ3v) is 5.99. The first-order valence-electron chi connectivity index (χ1n) is 9.63. The van der Waals surface area contributed by atoms with Crippen molar-refractivity contribution in [2.24, 2.45) is 4.99 Å². The van der Waals surface area contributed by atoms with Crippen molar-refractivity contribution in [2.45, 2.75) is 49.4 Å². The Morgan fingerprint density at radius 3 is 2.86 bits per heavy atom. The van der Waals surface area contributed by atoms with Crippen LogP contribution in [0.1, 0.15) is 48.9 Å². The van der Waals surface area contributed by atoms with Gasteiger partial charge in [-0.2, -0.15) is 0 Å². The van der Waals surface area contributed by atoms with E-state index in [9.17, 15) is 5.11 Å². The van der Waals surface area contributed by atoms with E-state index in [2.05, 4.69) is 16.0 Å². The molecular weight excluding hydrogens is 374 g/mol. The summed E-state index contributed by atoms with van der Waals surface area (Å²) in [6.07, 6.45) is 5.81. The Morgan fingerprint density at radius 2 is 2.11 bits per heavy atom. The number of thioether (sulfide) groups is 1. The van der Waals surface area contributed by atoms with E-state index < -0.39 is 0 Å². The molecule has 3 atom stereocenters. The lowest BCUT2D eigenvalue weighted by molar-refractivity contribution is 0.111. The molecule has 1 saturated carbocycles. The van der Waals surface area contributed by atoms with Crippen LogP contribution < -0.4 is 9.47 Å². The minimum Gasteiger partial charge on any atom is -0.493 e. The first-order valence-corrected chi connectivity index (χ1v) is 10.9. The Labute approximate surface area is 169 Å². The van der Waals surface area contributed by atoms with Crippen molar-refractivity contribution < 1.29 is 14.6 Å². The van der Waals surface area contributed by atoms with Gasteiger partial charge in [0.2, 0.25) is 0 Å². The minimum absolute atomic E-state index is 0.140. The molecule has 1 aliphatic carbocycles. The second-order valence-corrected chi connectivity index (χ2v) is 7.84. The van der Waals surface area contributed by atoms with Gasteiger partial charge in [-0.3, -0.25) is 4.99 Å². The van der Waals surface area contributed by atoms with Gasteiger partial charge in [-0.25, -0.2) is 9.97 Å². The van der Waals surface area contributed by atoms with Gasteiger partial charge in [-0.15, -0.1) is 0 Å². The van der Waals surface area contributed by atoms with E-state index in [-0.39, 0.29) is 18.1 Å². The second kappa shape index (κ2) is 8.09. The molecule has 0 radical (unpaired) electrons. The van der Waals surface area contributed by atoms with Crippen molar-refractivity contribution in [2.75, 3.05) is 20.0 Å². The molecule has 1 fully saturated rings. The number of methoxy groups -OCH3 is 1. The van der Waals surface area contributed by atoms with Gasteiger partial charge in [0.1, 0.15) is 0 Å². The average Bonchev–Trinajstić information content (AvgIpc) is 2.73. The zero-order valence-corrected chi connectivity index (χ0v) is 17.2. The van der Waals surface area contributed by atoms with Gasteiger partial charge in [-0.05, 0) is 56.2 Å². The Morgan fingerprint density at radius 1 is 1.25 bits per heavy atom. The Balaban J connectivity index is 1.88. The third kappa shape index (κ3) is 3.49. The molecule has 1 N–H and O–H groups in total. The molecule has 2 aromatic rings.